The summed E-state index contributed by atoms with van der Waals surface area (Å²) in [7, 11) is 0. The Balaban J connectivity index is 3.72. The zero-order valence-electron chi connectivity index (χ0n) is 22.4. The van der Waals surface area contributed by atoms with Gasteiger partial charge in [0.15, 0.2) is 0 Å². The summed E-state index contributed by atoms with van der Waals surface area (Å²) in [6, 6.07) is -0.636. The highest BCUT2D eigenvalue weighted by Gasteiger charge is 2.17. The molecule has 34 heavy (non-hydrogen) atoms. The number of unbranched alkanes of at least 4 members (excludes halogenated alkanes) is 13. The second-order valence-corrected chi connectivity index (χ2v) is 9.45. The van der Waals surface area contributed by atoms with Crippen LogP contribution in [-0.2, 0) is 4.79 Å². The number of carbonyl (C=O) groups excluding carboxylic acids is 1. The van der Waals surface area contributed by atoms with Crippen LogP contribution in [0.2, 0.25) is 0 Å². The molecular weight excluding hydrogens is 422 g/mol. The smallest absolute Gasteiger partial charge is 0.220 e. The Hall–Kier alpha value is -1.39. The predicted molar refractivity (Wildman–Crippen MR) is 147 cm³/mol. The van der Waals surface area contributed by atoms with Crippen molar-refractivity contribution in [3.8, 4) is 0 Å². The first kappa shape index (κ1) is 32.6. The summed E-state index contributed by atoms with van der Waals surface area (Å²) in [4.78, 5) is 12.0. The van der Waals surface area contributed by atoms with E-state index >= 15 is 0 Å². The van der Waals surface area contributed by atoms with Crippen LogP contribution < -0.4 is 5.32 Å². The van der Waals surface area contributed by atoms with Crippen LogP contribution in [0.3, 0.4) is 0 Å². The third-order valence-corrected chi connectivity index (χ3v) is 6.10. The van der Waals surface area contributed by atoms with Gasteiger partial charge in [-0.3, -0.25) is 4.79 Å². The van der Waals surface area contributed by atoms with E-state index in [4.69, 9.17) is 0 Å². The van der Waals surface area contributed by atoms with Gasteiger partial charge in [-0.2, -0.15) is 0 Å². The second-order valence-electron chi connectivity index (χ2n) is 9.45. The van der Waals surface area contributed by atoms with Crippen molar-refractivity contribution in [1.29, 1.82) is 0 Å². The van der Waals surface area contributed by atoms with Crippen molar-refractivity contribution in [3.05, 3.63) is 36.5 Å². The molecule has 0 radical (unpaired) electrons. The maximum absolute atomic E-state index is 12.0. The molecule has 0 aromatic heterocycles. The lowest BCUT2D eigenvalue weighted by Gasteiger charge is -2.19. The minimum atomic E-state index is -0.861. The minimum Gasteiger partial charge on any atom is -0.394 e. The summed E-state index contributed by atoms with van der Waals surface area (Å²) < 4.78 is 0. The molecule has 0 saturated heterocycles. The number of allylic oxidation sites excluding steroid dienone is 5. The number of hydrogen-bond donors (Lipinski definition) is 3. The van der Waals surface area contributed by atoms with E-state index in [1.165, 1.54) is 57.8 Å². The molecule has 0 aromatic rings. The van der Waals surface area contributed by atoms with Gasteiger partial charge in [-0.15, -0.1) is 0 Å². The van der Waals surface area contributed by atoms with E-state index in [-0.39, 0.29) is 12.5 Å². The molecule has 0 saturated carbocycles. The van der Waals surface area contributed by atoms with Crippen LogP contribution in [0.25, 0.3) is 0 Å². The van der Waals surface area contributed by atoms with Gasteiger partial charge in [-0.05, 0) is 44.9 Å². The quantitative estimate of drug-likeness (QED) is 0.0992. The van der Waals surface area contributed by atoms with Gasteiger partial charge >= 0.3 is 0 Å². The van der Waals surface area contributed by atoms with Gasteiger partial charge in [0.05, 0.1) is 18.8 Å². The first-order valence-corrected chi connectivity index (χ1v) is 14.2. The first-order valence-electron chi connectivity index (χ1n) is 14.2. The van der Waals surface area contributed by atoms with E-state index in [1.54, 1.807) is 6.08 Å². The minimum absolute atomic E-state index is 0.0996. The molecular formula is C30H55NO3. The fourth-order valence-corrected chi connectivity index (χ4v) is 3.85. The third-order valence-electron chi connectivity index (χ3n) is 6.10. The van der Waals surface area contributed by atoms with Gasteiger partial charge in [-0.1, -0.05) is 115 Å². The Morgan fingerprint density at radius 3 is 1.71 bits per heavy atom. The van der Waals surface area contributed by atoms with Crippen molar-refractivity contribution >= 4 is 5.91 Å². The zero-order valence-corrected chi connectivity index (χ0v) is 22.4. The molecule has 2 unspecified atom stereocenters. The number of carbonyl (C=O) groups is 1. The Kier molecular flexibility index (Phi) is 25.1. The molecule has 0 aromatic carbocycles. The van der Waals surface area contributed by atoms with Crippen LogP contribution in [0.1, 0.15) is 129 Å². The van der Waals surface area contributed by atoms with Crippen LogP contribution in [0, 0.1) is 0 Å². The van der Waals surface area contributed by atoms with E-state index in [0.29, 0.717) is 6.42 Å². The summed E-state index contributed by atoms with van der Waals surface area (Å²) in [6.45, 7) is 4.14. The van der Waals surface area contributed by atoms with Gasteiger partial charge in [0.1, 0.15) is 0 Å². The van der Waals surface area contributed by atoms with E-state index in [2.05, 4.69) is 43.5 Å². The highest BCUT2D eigenvalue weighted by molar-refractivity contribution is 5.76. The molecule has 0 heterocycles. The number of rotatable bonds is 24. The molecule has 4 heteroatoms. The van der Waals surface area contributed by atoms with Crippen molar-refractivity contribution in [2.75, 3.05) is 6.61 Å². The third kappa shape index (κ3) is 22.4. The Morgan fingerprint density at radius 1 is 0.676 bits per heavy atom. The fraction of sp³-hybridized carbons (Fsp3) is 0.767. The number of hydrogen-bond acceptors (Lipinski definition) is 3. The standard InChI is InChI=1S/C30H55NO3/c1-3-5-7-9-10-11-12-13-14-15-16-17-18-19-20-21-22-23-25-29(33)28(27-32)31-30(34)26-24-8-6-4-2/h15-16,19-20,23,25,28-29,32-33H,3-14,17-18,21-22,24,26-27H2,1-2H3,(H,31,34)/b16-15+,20-19+,25-23+. The highest BCUT2D eigenvalue weighted by Crippen LogP contribution is 2.10. The van der Waals surface area contributed by atoms with E-state index in [0.717, 1.165) is 51.4 Å². The fourth-order valence-electron chi connectivity index (χ4n) is 3.85. The average Bonchev–Trinajstić information content (AvgIpc) is 2.84. The average molecular weight is 478 g/mol. The molecule has 2 atom stereocenters. The Bertz CT molecular complexity index is 527. The van der Waals surface area contributed by atoms with Gasteiger partial charge < -0.3 is 15.5 Å². The number of aliphatic hydroxyl groups is 2. The van der Waals surface area contributed by atoms with E-state index in [1.807, 2.05) is 6.08 Å². The molecule has 0 bridgehead atoms. The molecule has 0 rings (SSSR count). The summed E-state index contributed by atoms with van der Waals surface area (Å²) >= 11 is 0. The van der Waals surface area contributed by atoms with Crippen molar-refractivity contribution in [2.45, 2.75) is 142 Å². The molecule has 1 amide bonds. The molecule has 0 aliphatic heterocycles. The summed E-state index contributed by atoms with van der Waals surface area (Å²) in [5.41, 5.74) is 0. The highest BCUT2D eigenvalue weighted by atomic mass is 16.3. The number of amides is 1. The number of aliphatic hydroxyl groups excluding tert-OH is 2. The van der Waals surface area contributed by atoms with E-state index < -0.39 is 12.1 Å². The monoisotopic (exact) mass is 477 g/mol. The zero-order chi connectivity index (χ0) is 25.1. The first-order chi connectivity index (χ1) is 16.7. The predicted octanol–water partition coefficient (Wildman–Crippen LogP) is 7.55. The van der Waals surface area contributed by atoms with Crippen molar-refractivity contribution in [1.82, 2.24) is 5.32 Å². The van der Waals surface area contributed by atoms with Crippen molar-refractivity contribution < 1.29 is 15.0 Å². The van der Waals surface area contributed by atoms with Crippen molar-refractivity contribution in [2.24, 2.45) is 0 Å². The maximum atomic E-state index is 12.0. The Labute approximate surface area is 211 Å². The summed E-state index contributed by atoms with van der Waals surface area (Å²) in [5.74, 6) is -0.0996. The van der Waals surface area contributed by atoms with Crippen LogP contribution in [0.15, 0.2) is 36.5 Å². The lowest BCUT2D eigenvalue weighted by Crippen LogP contribution is -2.45. The second kappa shape index (κ2) is 26.2. The van der Waals surface area contributed by atoms with Crippen LogP contribution in [0.5, 0.6) is 0 Å². The maximum Gasteiger partial charge on any atom is 0.220 e. The lowest BCUT2D eigenvalue weighted by atomic mass is 10.1. The van der Waals surface area contributed by atoms with Crippen LogP contribution >= 0.6 is 0 Å². The van der Waals surface area contributed by atoms with Gasteiger partial charge in [0.25, 0.3) is 0 Å². The molecule has 0 fully saturated rings. The normalized spacial score (nSPS) is 13.9. The van der Waals surface area contributed by atoms with Gasteiger partial charge in [0, 0.05) is 6.42 Å². The molecule has 198 valence electrons. The van der Waals surface area contributed by atoms with Crippen LogP contribution in [-0.4, -0.2) is 34.9 Å². The largest absolute Gasteiger partial charge is 0.394 e. The topological polar surface area (TPSA) is 69.6 Å². The lowest BCUT2D eigenvalue weighted by molar-refractivity contribution is -0.123. The Morgan fingerprint density at radius 2 is 1.15 bits per heavy atom. The molecule has 0 spiro atoms. The number of nitrogens with one attached hydrogen (secondary N) is 1. The van der Waals surface area contributed by atoms with Gasteiger partial charge in [0.2, 0.25) is 5.91 Å². The molecule has 4 nitrogen and oxygen atoms in total. The van der Waals surface area contributed by atoms with Gasteiger partial charge in [-0.25, -0.2) is 0 Å². The summed E-state index contributed by atoms with van der Waals surface area (Å²) in [6.07, 6.45) is 32.5. The molecule has 0 aliphatic carbocycles. The molecule has 0 aliphatic rings. The SMILES string of the molecule is CCCCCCCCCC/C=C/CC/C=C/CC/C=C/C(O)C(CO)NC(=O)CCCCCC. The van der Waals surface area contributed by atoms with E-state index in [9.17, 15) is 15.0 Å². The van der Waals surface area contributed by atoms with Crippen LogP contribution in [0.4, 0.5) is 0 Å². The summed E-state index contributed by atoms with van der Waals surface area (Å²) in [5, 5.41) is 22.4. The van der Waals surface area contributed by atoms with Crippen molar-refractivity contribution in [3.63, 3.8) is 0 Å². The molecule has 3 N–H and O–H groups in total.